The van der Waals surface area contributed by atoms with Gasteiger partial charge in [-0.3, -0.25) is 0 Å². The highest BCUT2D eigenvalue weighted by atomic mass is 32.2. The third kappa shape index (κ3) is 5.48. The summed E-state index contributed by atoms with van der Waals surface area (Å²) in [5, 5.41) is 0. The van der Waals surface area contributed by atoms with Gasteiger partial charge in [0, 0.05) is 0 Å². The Morgan fingerprint density at radius 3 is 1.60 bits per heavy atom. The van der Waals surface area contributed by atoms with Crippen molar-refractivity contribution >= 4 is 17.7 Å². The van der Waals surface area contributed by atoms with Gasteiger partial charge in [0.1, 0.15) is 11.5 Å². The van der Waals surface area contributed by atoms with E-state index in [1.54, 1.807) is 12.1 Å². The fourth-order valence-corrected chi connectivity index (χ4v) is 3.79. The van der Waals surface area contributed by atoms with E-state index in [0.29, 0.717) is 0 Å². The average molecular weight is 396 g/mol. The Bertz CT molecular complexity index is 794. The molecule has 0 aliphatic carbocycles. The molecule has 0 aromatic heterocycles. The van der Waals surface area contributed by atoms with E-state index in [1.165, 1.54) is 48.5 Å². The molecule has 0 radical (unpaired) electrons. The van der Waals surface area contributed by atoms with E-state index in [2.05, 4.69) is 4.18 Å². The van der Waals surface area contributed by atoms with Crippen LogP contribution < -0.4 is 9.05 Å². The van der Waals surface area contributed by atoms with Gasteiger partial charge in [0.05, 0.1) is 0 Å². The third-order valence-corrected chi connectivity index (χ3v) is 5.22. The Morgan fingerprint density at radius 2 is 1.24 bits per heavy atom. The van der Waals surface area contributed by atoms with E-state index >= 15 is 0 Å². The van der Waals surface area contributed by atoms with Gasteiger partial charge in [-0.05, 0) is 24.3 Å². The zero-order valence-corrected chi connectivity index (χ0v) is 14.1. The number of rotatable bonds is 7. The van der Waals surface area contributed by atoms with Crippen molar-refractivity contribution in [3.63, 3.8) is 0 Å². The summed E-state index contributed by atoms with van der Waals surface area (Å²) >= 11 is 0. The summed E-state index contributed by atoms with van der Waals surface area (Å²) in [6.45, 7) is 0. The molecule has 0 aliphatic rings. The van der Waals surface area contributed by atoms with Crippen LogP contribution in [0.4, 0.5) is 13.2 Å². The van der Waals surface area contributed by atoms with Crippen molar-refractivity contribution in [2.24, 2.45) is 0 Å². The fourth-order valence-electron chi connectivity index (χ4n) is 1.56. The van der Waals surface area contributed by atoms with E-state index in [0.717, 1.165) is 0 Å². The maximum Gasteiger partial charge on any atom is 0.523 e. The van der Waals surface area contributed by atoms with Crippen molar-refractivity contribution in [2.75, 3.05) is 6.35 Å². The SMILES string of the molecule is O=P(COS(=O)(=O)C(F)(F)F)(Oc1ccccc1)Oc1ccccc1. The molecule has 2 rings (SSSR count). The number of alkyl halides is 3. The van der Waals surface area contributed by atoms with Gasteiger partial charge < -0.3 is 9.05 Å². The van der Waals surface area contributed by atoms with Gasteiger partial charge in [-0.25, -0.2) is 8.75 Å². The summed E-state index contributed by atoms with van der Waals surface area (Å²) in [5.41, 5.74) is -5.66. The molecule has 2 aromatic rings. The molecule has 0 saturated carbocycles. The van der Waals surface area contributed by atoms with Crippen LogP contribution in [0, 0.1) is 0 Å². The van der Waals surface area contributed by atoms with E-state index in [-0.39, 0.29) is 11.5 Å². The van der Waals surface area contributed by atoms with Crippen molar-refractivity contribution in [3.8, 4) is 11.5 Å². The first-order valence-corrected chi connectivity index (χ1v) is 9.79. The van der Waals surface area contributed by atoms with Crippen molar-refractivity contribution in [1.29, 1.82) is 0 Å². The molecule has 0 amide bonds. The van der Waals surface area contributed by atoms with Crippen LogP contribution >= 0.6 is 7.60 Å². The Hall–Kier alpha value is -2.03. The first-order chi connectivity index (χ1) is 11.6. The molecule has 0 atom stereocenters. The number of halogens is 3. The topological polar surface area (TPSA) is 78.9 Å². The number of hydrogen-bond donors (Lipinski definition) is 0. The summed E-state index contributed by atoms with van der Waals surface area (Å²) in [4.78, 5) is 0. The highest BCUT2D eigenvalue weighted by molar-refractivity contribution is 7.87. The van der Waals surface area contributed by atoms with Crippen LogP contribution in [0.15, 0.2) is 60.7 Å². The van der Waals surface area contributed by atoms with Crippen LogP contribution in [0.5, 0.6) is 11.5 Å². The second-order valence-electron chi connectivity index (χ2n) is 4.57. The van der Waals surface area contributed by atoms with Crippen LogP contribution in [-0.4, -0.2) is 20.3 Å². The molecule has 0 spiro atoms. The Labute approximate surface area is 141 Å². The van der Waals surface area contributed by atoms with Crippen LogP contribution in [0.3, 0.4) is 0 Å². The predicted molar refractivity (Wildman–Crippen MR) is 82.7 cm³/mol. The molecule has 2 aromatic carbocycles. The Balaban J connectivity index is 2.24. The first-order valence-electron chi connectivity index (χ1n) is 6.65. The maximum absolute atomic E-state index is 12.7. The van der Waals surface area contributed by atoms with Crippen molar-refractivity contribution in [1.82, 2.24) is 0 Å². The summed E-state index contributed by atoms with van der Waals surface area (Å²) in [6.07, 6.45) is -1.45. The minimum absolute atomic E-state index is 0.00905. The van der Waals surface area contributed by atoms with Gasteiger partial charge in [-0.1, -0.05) is 36.4 Å². The second-order valence-corrected chi connectivity index (χ2v) is 8.02. The standard InChI is InChI=1S/C14H12F3O6PS/c15-14(16,17)25(19,20)21-11-24(18,22-12-7-3-1-4-8-12)23-13-9-5-2-6-10-13/h1-10H,11H2. The molecular formula is C14H12F3O6PS. The summed E-state index contributed by atoms with van der Waals surface area (Å²) in [6, 6.07) is 14.8. The lowest BCUT2D eigenvalue weighted by Gasteiger charge is -2.20. The highest BCUT2D eigenvalue weighted by Crippen LogP contribution is 2.49. The smallest absolute Gasteiger partial charge is 0.415 e. The second kappa shape index (κ2) is 7.47. The number of hydrogen-bond acceptors (Lipinski definition) is 6. The highest BCUT2D eigenvalue weighted by Gasteiger charge is 2.49. The normalized spacial score (nSPS) is 12.6. The van der Waals surface area contributed by atoms with E-state index < -0.39 is 29.6 Å². The lowest BCUT2D eigenvalue weighted by atomic mass is 10.3. The molecule has 0 N–H and O–H groups in total. The Morgan fingerprint density at radius 1 is 0.840 bits per heavy atom. The molecule has 0 heterocycles. The van der Waals surface area contributed by atoms with Crippen LogP contribution in [0.25, 0.3) is 0 Å². The minimum atomic E-state index is -5.95. The molecule has 25 heavy (non-hydrogen) atoms. The molecule has 136 valence electrons. The van der Waals surface area contributed by atoms with Gasteiger partial charge >= 0.3 is 23.2 Å². The first kappa shape index (κ1) is 19.3. The zero-order chi connectivity index (χ0) is 18.6. The van der Waals surface area contributed by atoms with Crippen molar-refractivity contribution in [2.45, 2.75) is 5.51 Å². The molecule has 0 aliphatic heterocycles. The maximum atomic E-state index is 12.7. The van der Waals surface area contributed by atoms with Gasteiger partial charge in [-0.15, -0.1) is 0 Å². The fraction of sp³-hybridized carbons (Fsp3) is 0.143. The van der Waals surface area contributed by atoms with Gasteiger partial charge in [-0.2, -0.15) is 21.6 Å². The number of para-hydroxylation sites is 2. The quantitative estimate of drug-likeness (QED) is 0.397. The molecular weight excluding hydrogens is 384 g/mol. The summed E-state index contributed by atoms with van der Waals surface area (Å²) < 4.78 is 85.9. The molecule has 0 saturated heterocycles. The lowest BCUT2D eigenvalue weighted by Crippen LogP contribution is -2.26. The third-order valence-electron chi connectivity index (χ3n) is 2.62. The van der Waals surface area contributed by atoms with Crippen molar-refractivity contribution in [3.05, 3.63) is 60.7 Å². The molecule has 0 unspecified atom stereocenters. The molecule has 0 fully saturated rings. The van der Waals surface area contributed by atoms with E-state index in [9.17, 15) is 26.2 Å². The van der Waals surface area contributed by atoms with Crippen LogP contribution in [-0.2, 0) is 18.9 Å². The van der Waals surface area contributed by atoms with Crippen LogP contribution in [0.1, 0.15) is 0 Å². The summed E-state index contributed by atoms with van der Waals surface area (Å²) in [7, 11) is -10.4. The van der Waals surface area contributed by atoms with Crippen LogP contribution in [0.2, 0.25) is 0 Å². The minimum Gasteiger partial charge on any atom is -0.415 e. The van der Waals surface area contributed by atoms with Gasteiger partial charge in [0.2, 0.25) is 0 Å². The molecule has 0 bridgehead atoms. The van der Waals surface area contributed by atoms with Crippen molar-refractivity contribution < 1.29 is 39.4 Å². The number of benzene rings is 2. The predicted octanol–water partition coefficient (Wildman–Crippen LogP) is 4.16. The largest absolute Gasteiger partial charge is 0.523 e. The zero-order valence-electron chi connectivity index (χ0n) is 12.4. The van der Waals surface area contributed by atoms with Gasteiger partial charge in [0.25, 0.3) is 0 Å². The van der Waals surface area contributed by atoms with E-state index in [1.807, 2.05) is 0 Å². The summed E-state index contributed by atoms with van der Waals surface area (Å²) in [5.74, 6) is 0.0181. The lowest BCUT2D eigenvalue weighted by molar-refractivity contribution is -0.0532. The monoisotopic (exact) mass is 396 g/mol. The van der Waals surface area contributed by atoms with Gasteiger partial charge in [0.15, 0.2) is 6.35 Å². The average Bonchev–Trinajstić information content (AvgIpc) is 2.54. The Kier molecular flexibility index (Phi) is 5.76. The molecule has 11 heteroatoms. The van der Waals surface area contributed by atoms with E-state index in [4.69, 9.17) is 9.05 Å². The molecule has 6 nitrogen and oxygen atoms in total.